The van der Waals surface area contributed by atoms with Gasteiger partial charge in [0.05, 0.1) is 6.26 Å². The van der Waals surface area contributed by atoms with E-state index >= 15 is 0 Å². The summed E-state index contributed by atoms with van der Waals surface area (Å²) in [5, 5.41) is 0. The van der Waals surface area contributed by atoms with Crippen molar-refractivity contribution in [1.82, 2.24) is 4.72 Å². The number of benzene rings is 3. The molecule has 1 aliphatic rings. The molecule has 4 nitrogen and oxygen atoms in total. The Kier molecular flexibility index (Phi) is 7.63. The van der Waals surface area contributed by atoms with Crippen molar-refractivity contribution >= 4 is 10.0 Å². The lowest BCUT2D eigenvalue weighted by molar-refractivity contribution is 0.291. The summed E-state index contributed by atoms with van der Waals surface area (Å²) in [4.78, 5) is 0. The Morgan fingerprint density at radius 1 is 0.853 bits per heavy atom. The van der Waals surface area contributed by atoms with Crippen LogP contribution in [0.4, 0.5) is 8.78 Å². The van der Waals surface area contributed by atoms with Crippen molar-refractivity contribution in [2.24, 2.45) is 5.92 Å². The maximum Gasteiger partial charge on any atom is 0.208 e. The number of para-hydroxylation sites is 1. The van der Waals surface area contributed by atoms with Gasteiger partial charge in [0.25, 0.3) is 0 Å². The fraction of sp³-hybridized carbons (Fsp3) is 0.333. The normalized spacial score (nSPS) is 18.6. The summed E-state index contributed by atoms with van der Waals surface area (Å²) < 4.78 is 61.0. The molecule has 0 atom stereocenters. The molecule has 0 saturated heterocycles. The smallest absolute Gasteiger partial charge is 0.208 e. The molecule has 0 bridgehead atoms. The van der Waals surface area contributed by atoms with Crippen LogP contribution >= 0.6 is 0 Å². The highest BCUT2D eigenvalue weighted by Crippen LogP contribution is 2.36. The van der Waals surface area contributed by atoms with Crippen LogP contribution < -0.4 is 9.46 Å². The molecule has 3 aromatic carbocycles. The Balaban J connectivity index is 1.50. The SMILES string of the molecule is CS(=O)(=O)NC1CCC(Cc2ccc(F)c(-c3cccc(F)c3OCc3ccccc3)c2)CC1. The maximum atomic E-state index is 14.9. The number of nitrogens with one attached hydrogen (secondary N) is 1. The summed E-state index contributed by atoms with van der Waals surface area (Å²) in [5.74, 6) is -0.540. The maximum absolute atomic E-state index is 14.9. The van der Waals surface area contributed by atoms with Crippen LogP contribution in [-0.2, 0) is 23.1 Å². The number of hydrogen-bond donors (Lipinski definition) is 1. The minimum atomic E-state index is -3.21. The summed E-state index contributed by atoms with van der Waals surface area (Å²) in [5.41, 5.74) is 2.56. The second-order valence-electron chi connectivity index (χ2n) is 9.02. The molecule has 180 valence electrons. The molecule has 34 heavy (non-hydrogen) atoms. The Morgan fingerprint density at radius 2 is 1.59 bits per heavy atom. The Bertz CT molecular complexity index is 1220. The molecule has 1 N–H and O–H groups in total. The van der Waals surface area contributed by atoms with Crippen molar-refractivity contribution in [3.8, 4) is 16.9 Å². The highest BCUT2D eigenvalue weighted by molar-refractivity contribution is 7.88. The third-order valence-corrected chi connectivity index (χ3v) is 7.03. The predicted molar refractivity (Wildman–Crippen MR) is 130 cm³/mol. The van der Waals surface area contributed by atoms with Gasteiger partial charge < -0.3 is 4.74 Å². The third kappa shape index (κ3) is 6.42. The van der Waals surface area contributed by atoms with Crippen molar-refractivity contribution in [3.05, 3.63) is 89.5 Å². The summed E-state index contributed by atoms with van der Waals surface area (Å²) in [7, 11) is -3.21. The lowest BCUT2D eigenvalue weighted by atomic mass is 9.82. The lowest BCUT2D eigenvalue weighted by Crippen LogP contribution is -2.37. The molecule has 1 saturated carbocycles. The zero-order valence-electron chi connectivity index (χ0n) is 19.1. The molecule has 4 rings (SSSR count). The molecule has 0 aromatic heterocycles. The van der Waals surface area contributed by atoms with E-state index in [-0.39, 0.29) is 18.4 Å². The van der Waals surface area contributed by atoms with Crippen LogP contribution in [0.1, 0.15) is 36.8 Å². The quantitative estimate of drug-likeness (QED) is 0.435. The monoisotopic (exact) mass is 485 g/mol. The van der Waals surface area contributed by atoms with Crippen molar-refractivity contribution in [3.63, 3.8) is 0 Å². The highest BCUT2D eigenvalue weighted by atomic mass is 32.2. The molecule has 7 heteroatoms. The van der Waals surface area contributed by atoms with E-state index in [4.69, 9.17) is 4.74 Å². The van der Waals surface area contributed by atoms with E-state index in [1.807, 2.05) is 30.3 Å². The second-order valence-corrected chi connectivity index (χ2v) is 10.8. The number of halogens is 2. The summed E-state index contributed by atoms with van der Waals surface area (Å²) in [6.45, 7) is 0.181. The van der Waals surface area contributed by atoms with Gasteiger partial charge in [-0.15, -0.1) is 0 Å². The lowest BCUT2D eigenvalue weighted by Gasteiger charge is -2.28. The van der Waals surface area contributed by atoms with Crippen LogP contribution in [0.3, 0.4) is 0 Å². The average Bonchev–Trinajstić information content (AvgIpc) is 2.80. The first kappa shape index (κ1) is 24.4. The zero-order chi connectivity index (χ0) is 24.1. The summed E-state index contributed by atoms with van der Waals surface area (Å²) in [6, 6.07) is 18.9. The summed E-state index contributed by atoms with van der Waals surface area (Å²) in [6.07, 6.45) is 5.30. The van der Waals surface area contributed by atoms with E-state index in [1.54, 1.807) is 24.3 Å². The molecule has 0 amide bonds. The first-order chi connectivity index (χ1) is 16.3. The predicted octanol–water partition coefficient (Wildman–Crippen LogP) is 5.86. The van der Waals surface area contributed by atoms with Gasteiger partial charge in [-0.25, -0.2) is 21.9 Å². The van der Waals surface area contributed by atoms with Gasteiger partial charge in [0.15, 0.2) is 11.6 Å². The van der Waals surface area contributed by atoms with E-state index < -0.39 is 21.7 Å². The molecule has 0 heterocycles. The van der Waals surface area contributed by atoms with E-state index in [1.165, 1.54) is 18.4 Å². The van der Waals surface area contributed by atoms with Gasteiger partial charge in [-0.1, -0.05) is 48.5 Å². The van der Waals surface area contributed by atoms with Gasteiger partial charge in [-0.3, -0.25) is 0 Å². The van der Waals surface area contributed by atoms with E-state index in [0.717, 1.165) is 43.2 Å². The number of ether oxygens (including phenoxy) is 1. The van der Waals surface area contributed by atoms with Crippen molar-refractivity contribution in [1.29, 1.82) is 0 Å². The van der Waals surface area contributed by atoms with Crippen LogP contribution in [0.5, 0.6) is 5.75 Å². The van der Waals surface area contributed by atoms with Gasteiger partial charge in [-0.05, 0) is 67.3 Å². The topological polar surface area (TPSA) is 55.4 Å². The van der Waals surface area contributed by atoms with Crippen LogP contribution in [0.15, 0.2) is 66.7 Å². The molecule has 3 aromatic rings. The highest BCUT2D eigenvalue weighted by Gasteiger charge is 2.24. The first-order valence-electron chi connectivity index (χ1n) is 11.5. The van der Waals surface area contributed by atoms with Crippen molar-refractivity contribution in [2.75, 3.05) is 6.26 Å². The first-order valence-corrected chi connectivity index (χ1v) is 13.4. The zero-order valence-corrected chi connectivity index (χ0v) is 20.0. The number of rotatable bonds is 8. The Morgan fingerprint density at radius 3 is 2.29 bits per heavy atom. The van der Waals surface area contributed by atoms with E-state index in [9.17, 15) is 17.2 Å². The minimum Gasteiger partial charge on any atom is -0.485 e. The Labute approximate surface area is 200 Å². The molecule has 0 radical (unpaired) electrons. The molecule has 0 unspecified atom stereocenters. The fourth-order valence-electron chi connectivity index (χ4n) is 4.62. The average molecular weight is 486 g/mol. The second kappa shape index (κ2) is 10.7. The van der Waals surface area contributed by atoms with Gasteiger partial charge in [0, 0.05) is 17.2 Å². The van der Waals surface area contributed by atoms with Gasteiger partial charge in [0.1, 0.15) is 12.4 Å². The molecule has 0 aliphatic heterocycles. The third-order valence-electron chi connectivity index (χ3n) is 6.27. The number of hydrogen-bond acceptors (Lipinski definition) is 3. The number of sulfonamides is 1. The Hall–Kier alpha value is -2.77. The fourth-order valence-corrected chi connectivity index (χ4v) is 5.46. The van der Waals surface area contributed by atoms with Crippen molar-refractivity contribution in [2.45, 2.75) is 44.8 Å². The van der Waals surface area contributed by atoms with E-state index in [2.05, 4.69) is 4.72 Å². The van der Waals surface area contributed by atoms with Crippen LogP contribution in [-0.4, -0.2) is 20.7 Å². The van der Waals surface area contributed by atoms with E-state index in [0.29, 0.717) is 17.0 Å². The van der Waals surface area contributed by atoms with Gasteiger partial charge in [0.2, 0.25) is 10.0 Å². The molecule has 1 aliphatic carbocycles. The molecular formula is C27H29F2NO3S. The minimum absolute atomic E-state index is 0.0216. The van der Waals surface area contributed by atoms with Gasteiger partial charge >= 0.3 is 0 Å². The molecule has 1 fully saturated rings. The van der Waals surface area contributed by atoms with Crippen LogP contribution in [0, 0.1) is 17.6 Å². The summed E-state index contributed by atoms with van der Waals surface area (Å²) >= 11 is 0. The molecular weight excluding hydrogens is 456 g/mol. The van der Waals surface area contributed by atoms with Crippen LogP contribution in [0.2, 0.25) is 0 Å². The van der Waals surface area contributed by atoms with Crippen LogP contribution in [0.25, 0.3) is 11.1 Å². The van der Waals surface area contributed by atoms with Crippen molar-refractivity contribution < 1.29 is 21.9 Å². The van der Waals surface area contributed by atoms with Gasteiger partial charge in [-0.2, -0.15) is 0 Å². The largest absolute Gasteiger partial charge is 0.485 e. The molecule has 0 spiro atoms. The standard InChI is InChI=1S/C27H29F2NO3S/c1-34(31,32)30-22-13-10-19(11-14-22)16-21-12-15-25(28)24(17-21)23-8-5-9-26(29)27(23)33-18-20-6-3-2-4-7-20/h2-9,12,15,17,19,22,30H,10-11,13-14,16,18H2,1H3.